The van der Waals surface area contributed by atoms with Crippen molar-refractivity contribution >= 4 is 23.7 Å². The van der Waals surface area contributed by atoms with E-state index in [4.69, 9.17) is 14.2 Å². The summed E-state index contributed by atoms with van der Waals surface area (Å²) in [5, 5.41) is -0.212. The summed E-state index contributed by atoms with van der Waals surface area (Å²) in [6.45, 7) is 0.554. The fourth-order valence-electron chi connectivity index (χ4n) is 3.44. The van der Waals surface area contributed by atoms with E-state index in [0.29, 0.717) is 23.5 Å². The van der Waals surface area contributed by atoms with E-state index in [1.54, 1.807) is 60.3 Å². The Kier molecular flexibility index (Phi) is 7.59. The maximum absolute atomic E-state index is 12.7. The molecule has 0 spiro atoms. The minimum atomic E-state index is -0.528. The Balaban J connectivity index is 1.43. The lowest BCUT2D eigenvalue weighted by atomic mass is 10.1. The molecule has 32 heavy (non-hydrogen) atoms. The lowest BCUT2D eigenvalue weighted by Gasteiger charge is -2.24. The van der Waals surface area contributed by atoms with Crippen LogP contribution < -0.4 is 0 Å². The van der Waals surface area contributed by atoms with E-state index in [0.717, 1.165) is 5.56 Å². The third-order valence-electron chi connectivity index (χ3n) is 5.16. The number of ether oxygens (including phenoxy) is 3. The number of thioether (sulfide) groups is 1. The largest absolute Gasteiger partial charge is 0.461 e. The average molecular weight is 449 g/mol. The Morgan fingerprint density at radius 1 is 0.781 bits per heavy atom. The number of rotatable bonds is 8. The van der Waals surface area contributed by atoms with Crippen LogP contribution in [-0.4, -0.2) is 41.8 Å². The van der Waals surface area contributed by atoms with Gasteiger partial charge in [-0.05, 0) is 29.8 Å². The standard InChI is InChI=1S/C26H24O5S/c27-25(20-12-6-2-7-13-20)30-17-23-24(31-26(28)21-14-8-3-9-15-21)22(18-32-23)29-16-19-10-4-1-5-11-19/h1-15,22-24H,16-18H2/t22-,23+,24+/m1/s1. The van der Waals surface area contributed by atoms with Gasteiger partial charge < -0.3 is 14.2 Å². The zero-order valence-electron chi connectivity index (χ0n) is 17.5. The van der Waals surface area contributed by atoms with Crippen LogP contribution in [0, 0.1) is 0 Å². The maximum Gasteiger partial charge on any atom is 0.338 e. The van der Waals surface area contributed by atoms with Crippen molar-refractivity contribution in [3.63, 3.8) is 0 Å². The Hall–Kier alpha value is -3.09. The molecule has 1 aliphatic rings. The van der Waals surface area contributed by atoms with Crippen LogP contribution in [0.25, 0.3) is 0 Å². The molecule has 1 saturated heterocycles. The molecule has 0 aliphatic carbocycles. The lowest BCUT2D eigenvalue weighted by molar-refractivity contribution is -0.0484. The van der Waals surface area contributed by atoms with Gasteiger partial charge in [-0.1, -0.05) is 66.7 Å². The molecular weight excluding hydrogens is 424 g/mol. The molecule has 164 valence electrons. The van der Waals surface area contributed by atoms with Crippen LogP contribution in [0.2, 0.25) is 0 Å². The molecule has 4 rings (SSSR count). The van der Waals surface area contributed by atoms with Gasteiger partial charge >= 0.3 is 11.9 Å². The molecule has 0 aromatic heterocycles. The van der Waals surface area contributed by atoms with Gasteiger partial charge in [0, 0.05) is 5.75 Å². The summed E-state index contributed by atoms with van der Waals surface area (Å²) in [5.74, 6) is -0.161. The van der Waals surface area contributed by atoms with Crippen molar-refractivity contribution < 1.29 is 23.8 Å². The SMILES string of the molecule is O=C(OC[C@@H]1SC[C@@H](OCc2ccccc2)[C@@H]1OC(=O)c1ccccc1)c1ccccc1. The van der Waals surface area contributed by atoms with E-state index in [-0.39, 0.29) is 18.0 Å². The van der Waals surface area contributed by atoms with E-state index in [1.807, 2.05) is 42.5 Å². The summed E-state index contributed by atoms with van der Waals surface area (Å²) in [4.78, 5) is 25.1. The first-order chi connectivity index (χ1) is 15.7. The van der Waals surface area contributed by atoms with Gasteiger partial charge in [0.25, 0.3) is 0 Å². The van der Waals surface area contributed by atoms with E-state index in [2.05, 4.69) is 0 Å². The summed E-state index contributed by atoms with van der Waals surface area (Å²) < 4.78 is 17.5. The average Bonchev–Trinajstić information content (AvgIpc) is 3.24. The molecule has 0 radical (unpaired) electrons. The summed E-state index contributed by atoms with van der Waals surface area (Å²) in [5.41, 5.74) is 2.01. The van der Waals surface area contributed by atoms with Crippen LogP contribution in [0.5, 0.6) is 0 Å². The van der Waals surface area contributed by atoms with Gasteiger partial charge in [0.1, 0.15) is 18.8 Å². The lowest BCUT2D eigenvalue weighted by Crippen LogP contribution is -2.38. The first-order valence-corrected chi connectivity index (χ1v) is 11.5. The van der Waals surface area contributed by atoms with Crippen molar-refractivity contribution in [2.24, 2.45) is 0 Å². The highest BCUT2D eigenvalue weighted by Crippen LogP contribution is 2.33. The quantitative estimate of drug-likeness (QED) is 0.463. The Labute approximate surface area is 191 Å². The zero-order chi connectivity index (χ0) is 22.2. The molecule has 6 heteroatoms. The Morgan fingerprint density at radius 3 is 1.97 bits per heavy atom. The highest BCUT2D eigenvalue weighted by molar-refractivity contribution is 8.00. The Bertz CT molecular complexity index is 1010. The summed E-state index contributed by atoms with van der Waals surface area (Å²) in [6.07, 6.45) is -0.826. The molecule has 3 aromatic carbocycles. The highest BCUT2D eigenvalue weighted by atomic mass is 32.2. The fraction of sp³-hybridized carbons (Fsp3) is 0.231. The maximum atomic E-state index is 12.7. The van der Waals surface area contributed by atoms with E-state index >= 15 is 0 Å². The number of hydrogen-bond acceptors (Lipinski definition) is 6. The molecule has 0 bridgehead atoms. The van der Waals surface area contributed by atoms with Crippen LogP contribution in [-0.2, 0) is 20.8 Å². The molecule has 0 saturated carbocycles. The topological polar surface area (TPSA) is 61.8 Å². The van der Waals surface area contributed by atoms with Crippen molar-refractivity contribution in [1.82, 2.24) is 0 Å². The number of carbonyl (C=O) groups is 2. The molecule has 0 N–H and O–H groups in total. The van der Waals surface area contributed by atoms with Crippen molar-refractivity contribution in [2.45, 2.75) is 24.1 Å². The molecule has 1 fully saturated rings. The van der Waals surface area contributed by atoms with E-state index < -0.39 is 18.0 Å². The van der Waals surface area contributed by atoms with Crippen molar-refractivity contribution in [3.8, 4) is 0 Å². The smallest absolute Gasteiger partial charge is 0.338 e. The van der Waals surface area contributed by atoms with Gasteiger partial charge in [-0.2, -0.15) is 0 Å². The second-order valence-corrected chi connectivity index (χ2v) is 8.68. The van der Waals surface area contributed by atoms with Gasteiger partial charge in [0.15, 0.2) is 0 Å². The van der Waals surface area contributed by atoms with Gasteiger partial charge in [-0.25, -0.2) is 9.59 Å². The first-order valence-electron chi connectivity index (χ1n) is 10.5. The summed E-state index contributed by atoms with van der Waals surface area (Å²) in [7, 11) is 0. The van der Waals surface area contributed by atoms with Crippen LogP contribution in [0.4, 0.5) is 0 Å². The number of esters is 2. The molecule has 3 atom stereocenters. The predicted molar refractivity (Wildman–Crippen MR) is 124 cm³/mol. The minimum Gasteiger partial charge on any atom is -0.461 e. The molecule has 1 aliphatic heterocycles. The van der Waals surface area contributed by atoms with Crippen LogP contribution in [0.1, 0.15) is 26.3 Å². The van der Waals surface area contributed by atoms with Gasteiger partial charge in [0.2, 0.25) is 0 Å². The minimum absolute atomic E-state index is 0.135. The highest BCUT2D eigenvalue weighted by Gasteiger charge is 2.41. The van der Waals surface area contributed by atoms with Crippen molar-refractivity contribution in [3.05, 3.63) is 108 Å². The number of benzene rings is 3. The summed E-state index contributed by atoms with van der Waals surface area (Å²) in [6, 6.07) is 27.6. The van der Waals surface area contributed by atoms with Crippen LogP contribution in [0.15, 0.2) is 91.0 Å². The monoisotopic (exact) mass is 448 g/mol. The van der Waals surface area contributed by atoms with E-state index in [9.17, 15) is 9.59 Å². The third-order valence-corrected chi connectivity index (χ3v) is 6.51. The third kappa shape index (κ3) is 5.78. The second kappa shape index (κ2) is 11.0. The predicted octanol–water partition coefficient (Wildman–Crippen LogP) is 4.77. The van der Waals surface area contributed by atoms with Gasteiger partial charge in [-0.15, -0.1) is 11.8 Å². The van der Waals surface area contributed by atoms with Crippen molar-refractivity contribution in [2.75, 3.05) is 12.4 Å². The molecule has 5 nitrogen and oxygen atoms in total. The first kappa shape index (κ1) is 22.1. The molecule has 0 amide bonds. The molecule has 1 heterocycles. The van der Waals surface area contributed by atoms with Crippen molar-refractivity contribution in [1.29, 1.82) is 0 Å². The molecule has 0 unspecified atom stereocenters. The van der Waals surface area contributed by atoms with E-state index in [1.165, 1.54) is 0 Å². The van der Waals surface area contributed by atoms with Crippen LogP contribution >= 0.6 is 11.8 Å². The number of hydrogen-bond donors (Lipinski definition) is 0. The molecular formula is C26H24O5S. The molecule has 3 aromatic rings. The zero-order valence-corrected chi connectivity index (χ0v) is 18.3. The van der Waals surface area contributed by atoms with Crippen LogP contribution in [0.3, 0.4) is 0 Å². The normalized spacial score (nSPS) is 19.9. The van der Waals surface area contributed by atoms with Gasteiger partial charge in [0.05, 0.1) is 23.0 Å². The Morgan fingerprint density at radius 2 is 1.34 bits per heavy atom. The summed E-state index contributed by atoms with van der Waals surface area (Å²) >= 11 is 1.59. The fourth-order valence-corrected chi connectivity index (χ4v) is 4.75. The second-order valence-electron chi connectivity index (χ2n) is 7.41. The number of carbonyl (C=O) groups excluding carboxylic acids is 2. The van der Waals surface area contributed by atoms with Gasteiger partial charge in [-0.3, -0.25) is 0 Å².